The molecular formula is C13H10N4O7. The lowest BCUT2D eigenvalue weighted by Gasteiger charge is -2.06. The maximum atomic E-state index is 11.7. The smallest absolute Gasteiger partial charge is 0.345 e. The van der Waals surface area contributed by atoms with Gasteiger partial charge in [-0.25, -0.2) is 9.59 Å². The molecule has 3 N–H and O–H groups in total. The fourth-order valence-electron chi connectivity index (χ4n) is 1.66. The molecule has 0 aliphatic rings. The normalized spacial score (nSPS) is 10.0. The molecule has 11 heteroatoms. The van der Waals surface area contributed by atoms with Crippen LogP contribution in [0.4, 0.5) is 11.4 Å². The third kappa shape index (κ3) is 4.13. The first kappa shape index (κ1) is 16.6. The number of nitrogens with one attached hydrogen (secondary N) is 3. The number of nitrogens with zero attached hydrogens (tertiary/aromatic N) is 1. The number of H-pyrrole nitrogens is 2. The predicted molar refractivity (Wildman–Crippen MR) is 79.7 cm³/mol. The molecule has 11 nitrogen and oxygen atoms in total. The number of aromatic amines is 2. The fraction of sp³-hybridized carbons (Fsp3) is 0.0769. The van der Waals surface area contributed by atoms with Gasteiger partial charge < -0.3 is 15.0 Å². The van der Waals surface area contributed by atoms with E-state index >= 15 is 0 Å². The highest BCUT2D eigenvalue weighted by Crippen LogP contribution is 2.16. The van der Waals surface area contributed by atoms with Crippen molar-refractivity contribution in [1.29, 1.82) is 0 Å². The summed E-state index contributed by atoms with van der Waals surface area (Å²) < 4.78 is 4.63. The van der Waals surface area contributed by atoms with Crippen molar-refractivity contribution >= 4 is 23.3 Å². The zero-order valence-electron chi connectivity index (χ0n) is 11.9. The second kappa shape index (κ2) is 7.00. The number of esters is 1. The number of anilines is 1. The fourth-order valence-corrected chi connectivity index (χ4v) is 1.66. The van der Waals surface area contributed by atoms with E-state index in [1.165, 1.54) is 18.2 Å². The number of non-ortho nitro benzene ring substituents is 1. The molecule has 1 heterocycles. The molecule has 0 fully saturated rings. The Bertz CT molecular complexity index is 915. The van der Waals surface area contributed by atoms with Crippen LogP contribution in [0, 0.1) is 10.1 Å². The maximum absolute atomic E-state index is 11.7. The van der Waals surface area contributed by atoms with Crippen molar-refractivity contribution in [1.82, 2.24) is 9.97 Å². The molecule has 0 unspecified atom stereocenters. The van der Waals surface area contributed by atoms with E-state index < -0.39 is 40.2 Å². The van der Waals surface area contributed by atoms with Crippen LogP contribution < -0.4 is 16.6 Å². The second-order valence-corrected chi connectivity index (χ2v) is 4.42. The van der Waals surface area contributed by atoms with Crippen LogP contribution in [-0.4, -0.2) is 33.4 Å². The summed E-state index contributed by atoms with van der Waals surface area (Å²) >= 11 is 0. The molecular weight excluding hydrogens is 324 g/mol. The standard InChI is InChI=1S/C13H10N4O7/c18-10(15-7-2-1-3-8(4-7)17(22)23)6-24-12(20)9-5-14-13(21)16-11(9)19/h1-5H,6H2,(H,15,18)(H2,14,16,19,21). The molecule has 1 aromatic carbocycles. The average Bonchev–Trinajstić information content (AvgIpc) is 2.53. The molecule has 2 rings (SSSR count). The molecule has 0 bridgehead atoms. The summed E-state index contributed by atoms with van der Waals surface area (Å²) in [4.78, 5) is 59.4. The molecule has 0 saturated heterocycles. The van der Waals surface area contributed by atoms with Gasteiger partial charge >= 0.3 is 11.7 Å². The molecule has 0 aliphatic heterocycles. The summed E-state index contributed by atoms with van der Waals surface area (Å²) in [6.45, 7) is -0.722. The van der Waals surface area contributed by atoms with Crippen molar-refractivity contribution < 1.29 is 19.2 Å². The molecule has 0 spiro atoms. The number of aromatic nitrogens is 2. The van der Waals surface area contributed by atoms with E-state index in [0.717, 1.165) is 12.3 Å². The van der Waals surface area contributed by atoms with E-state index in [-0.39, 0.29) is 11.4 Å². The van der Waals surface area contributed by atoms with Gasteiger partial charge in [0, 0.05) is 24.0 Å². The summed E-state index contributed by atoms with van der Waals surface area (Å²) in [6.07, 6.45) is 0.863. The Morgan fingerprint density at radius 2 is 2.04 bits per heavy atom. The van der Waals surface area contributed by atoms with Gasteiger partial charge in [-0.1, -0.05) is 6.07 Å². The lowest BCUT2D eigenvalue weighted by Crippen LogP contribution is -2.29. The lowest BCUT2D eigenvalue weighted by molar-refractivity contribution is -0.384. The third-order valence-corrected chi connectivity index (χ3v) is 2.71. The summed E-state index contributed by atoms with van der Waals surface area (Å²) in [7, 11) is 0. The number of nitro groups is 1. The molecule has 24 heavy (non-hydrogen) atoms. The Hall–Kier alpha value is -3.76. The Balaban J connectivity index is 1.97. The number of ether oxygens (including phenoxy) is 1. The lowest BCUT2D eigenvalue weighted by atomic mass is 10.3. The van der Waals surface area contributed by atoms with Gasteiger partial charge in [0.2, 0.25) is 0 Å². The molecule has 1 aromatic heterocycles. The average molecular weight is 334 g/mol. The van der Waals surface area contributed by atoms with Crippen LogP contribution in [0.3, 0.4) is 0 Å². The van der Waals surface area contributed by atoms with E-state index in [2.05, 4.69) is 15.0 Å². The summed E-state index contributed by atoms with van der Waals surface area (Å²) in [5.41, 5.74) is -2.29. The van der Waals surface area contributed by atoms with Crippen molar-refractivity contribution in [2.24, 2.45) is 0 Å². The number of hydrogen-bond donors (Lipinski definition) is 3. The van der Waals surface area contributed by atoms with Crippen molar-refractivity contribution in [2.45, 2.75) is 0 Å². The topological polar surface area (TPSA) is 164 Å². The van der Waals surface area contributed by atoms with Crippen molar-refractivity contribution in [3.05, 3.63) is 67.0 Å². The van der Waals surface area contributed by atoms with Gasteiger partial charge in [0.05, 0.1) is 4.92 Å². The van der Waals surface area contributed by atoms with E-state index in [4.69, 9.17) is 0 Å². The predicted octanol–water partition coefficient (Wildman–Crippen LogP) is -0.233. The van der Waals surface area contributed by atoms with Gasteiger partial charge in [-0.3, -0.25) is 24.7 Å². The van der Waals surface area contributed by atoms with E-state index in [0.29, 0.717) is 0 Å². The molecule has 2 aromatic rings. The van der Waals surface area contributed by atoms with E-state index in [1.54, 1.807) is 0 Å². The number of rotatable bonds is 5. The van der Waals surface area contributed by atoms with Crippen LogP contribution in [-0.2, 0) is 9.53 Å². The molecule has 124 valence electrons. The first-order chi connectivity index (χ1) is 11.4. The maximum Gasteiger partial charge on any atom is 0.345 e. The van der Waals surface area contributed by atoms with Crippen LogP contribution >= 0.6 is 0 Å². The Morgan fingerprint density at radius 3 is 2.71 bits per heavy atom. The number of hydrogen-bond acceptors (Lipinski definition) is 7. The first-order valence-electron chi connectivity index (χ1n) is 6.40. The minimum Gasteiger partial charge on any atom is -0.452 e. The molecule has 0 saturated carbocycles. The van der Waals surface area contributed by atoms with Crippen LogP contribution in [0.2, 0.25) is 0 Å². The van der Waals surface area contributed by atoms with Crippen molar-refractivity contribution in [2.75, 3.05) is 11.9 Å². The minimum atomic E-state index is -1.11. The summed E-state index contributed by atoms with van der Waals surface area (Å²) in [6, 6.07) is 5.17. The highest BCUT2D eigenvalue weighted by molar-refractivity contribution is 5.95. The largest absolute Gasteiger partial charge is 0.452 e. The monoisotopic (exact) mass is 334 g/mol. The van der Waals surface area contributed by atoms with Crippen molar-refractivity contribution in [3.63, 3.8) is 0 Å². The third-order valence-electron chi connectivity index (χ3n) is 2.71. The number of benzene rings is 1. The summed E-state index contributed by atoms with van der Waals surface area (Å²) in [5.74, 6) is -1.87. The quantitative estimate of drug-likeness (QED) is 0.386. The van der Waals surface area contributed by atoms with Gasteiger partial charge in [0.1, 0.15) is 5.56 Å². The first-order valence-corrected chi connectivity index (χ1v) is 6.40. The highest BCUT2D eigenvalue weighted by atomic mass is 16.6. The SMILES string of the molecule is O=C(COC(=O)c1c[nH]c(=O)[nH]c1=O)Nc1cccc([N+](=O)[O-])c1. The summed E-state index contributed by atoms with van der Waals surface area (Å²) in [5, 5.41) is 12.9. The van der Waals surface area contributed by atoms with Gasteiger partial charge in [0.15, 0.2) is 6.61 Å². The molecule has 0 aliphatic carbocycles. The number of carbonyl (C=O) groups is 2. The number of carbonyl (C=O) groups excluding carboxylic acids is 2. The Labute approximate surface area is 132 Å². The van der Waals surface area contributed by atoms with Crippen LogP contribution in [0.1, 0.15) is 10.4 Å². The Kier molecular flexibility index (Phi) is 4.84. The molecule has 0 radical (unpaired) electrons. The Morgan fingerprint density at radius 1 is 1.29 bits per heavy atom. The van der Waals surface area contributed by atoms with Gasteiger partial charge in [0.25, 0.3) is 17.2 Å². The zero-order valence-corrected chi connectivity index (χ0v) is 11.9. The van der Waals surface area contributed by atoms with Crippen LogP contribution in [0.15, 0.2) is 40.1 Å². The highest BCUT2D eigenvalue weighted by Gasteiger charge is 2.15. The van der Waals surface area contributed by atoms with Crippen LogP contribution in [0.5, 0.6) is 0 Å². The number of amides is 1. The van der Waals surface area contributed by atoms with Crippen LogP contribution in [0.25, 0.3) is 0 Å². The minimum absolute atomic E-state index is 0.145. The number of nitro benzene ring substituents is 1. The van der Waals surface area contributed by atoms with Gasteiger partial charge in [-0.2, -0.15) is 0 Å². The second-order valence-electron chi connectivity index (χ2n) is 4.42. The van der Waals surface area contributed by atoms with Gasteiger partial charge in [-0.05, 0) is 6.07 Å². The van der Waals surface area contributed by atoms with E-state index in [9.17, 15) is 29.3 Å². The molecule has 1 amide bonds. The zero-order chi connectivity index (χ0) is 17.7. The van der Waals surface area contributed by atoms with E-state index in [1.807, 2.05) is 4.98 Å². The van der Waals surface area contributed by atoms with Crippen molar-refractivity contribution in [3.8, 4) is 0 Å². The van der Waals surface area contributed by atoms with Gasteiger partial charge in [-0.15, -0.1) is 0 Å². The molecule has 0 atom stereocenters.